The molecule has 2 fully saturated rings. The molecule has 0 aromatic heterocycles. The van der Waals surface area contributed by atoms with E-state index in [1.165, 1.54) is 80.4 Å². The van der Waals surface area contributed by atoms with Crippen molar-refractivity contribution in [3.05, 3.63) is 70.8 Å². The normalized spacial score (nSPS) is 19.2. The summed E-state index contributed by atoms with van der Waals surface area (Å²) < 4.78 is 5.62. The first-order chi connectivity index (χ1) is 30.0. The van der Waals surface area contributed by atoms with Gasteiger partial charge in [0.25, 0.3) is 11.8 Å². The van der Waals surface area contributed by atoms with Gasteiger partial charge in [-0.25, -0.2) is 9.59 Å². The summed E-state index contributed by atoms with van der Waals surface area (Å²) in [5.74, 6) is -2.02. The van der Waals surface area contributed by atoms with E-state index in [2.05, 4.69) is 0 Å². The van der Waals surface area contributed by atoms with E-state index in [-0.39, 0.29) is 19.5 Å². The Hall–Kier alpha value is -4.38. The third kappa shape index (κ3) is 14.6. The van der Waals surface area contributed by atoms with Gasteiger partial charge in [-0.15, -0.1) is 0 Å². The zero-order valence-corrected chi connectivity index (χ0v) is 39.1. The number of hydrogen-bond donors (Lipinski definition) is 2. The summed E-state index contributed by atoms with van der Waals surface area (Å²) >= 11 is 0. The van der Waals surface area contributed by atoms with E-state index in [0.29, 0.717) is 32.5 Å². The zero-order chi connectivity index (χ0) is 46.2. The lowest BCUT2D eigenvalue weighted by atomic mass is 9.83. The minimum Gasteiger partial charge on any atom is -0.480 e. The van der Waals surface area contributed by atoms with Crippen molar-refractivity contribution in [2.45, 2.75) is 182 Å². The summed E-state index contributed by atoms with van der Waals surface area (Å²) in [4.78, 5) is 78.1. The van der Waals surface area contributed by atoms with Crippen molar-refractivity contribution in [3.8, 4) is 0 Å². The number of carboxylic acids is 1. The Morgan fingerprint density at radius 1 is 0.603 bits per heavy atom. The first-order valence-corrected chi connectivity index (χ1v) is 23.9. The molecule has 11 heteroatoms. The van der Waals surface area contributed by atoms with Gasteiger partial charge in [0.1, 0.15) is 12.1 Å². The van der Waals surface area contributed by atoms with Crippen LogP contribution in [0.4, 0.5) is 0 Å². The second kappa shape index (κ2) is 24.6. The van der Waals surface area contributed by atoms with E-state index in [4.69, 9.17) is 9.84 Å². The van der Waals surface area contributed by atoms with Crippen LogP contribution in [0.15, 0.2) is 48.5 Å². The number of nitrogens with zero attached hydrogens (tertiary/aromatic N) is 2. The maximum absolute atomic E-state index is 13.1. The topological polar surface area (TPSA) is 159 Å². The van der Waals surface area contributed by atoms with Crippen LogP contribution in [0, 0.1) is 22.7 Å². The van der Waals surface area contributed by atoms with Crippen LogP contribution in [0.3, 0.4) is 0 Å². The van der Waals surface area contributed by atoms with Crippen molar-refractivity contribution in [3.63, 3.8) is 0 Å². The van der Waals surface area contributed by atoms with E-state index in [1.807, 2.05) is 62.4 Å². The van der Waals surface area contributed by atoms with E-state index < -0.39 is 58.2 Å². The van der Waals surface area contributed by atoms with Crippen LogP contribution in [0.1, 0.15) is 167 Å². The Kier molecular flexibility index (Phi) is 20.0. The number of aliphatic hydroxyl groups is 1. The fourth-order valence-electron chi connectivity index (χ4n) is 9.04. The Labute approximate surface area is 376 Å². The molecule has 2 N–H and O–H groups in total. The molecule has 4 aliphatic rings. The molecule has 2 aromatic carbocycles. The lowest BCUT2D eigenvalue weighted by Gasteiger charge is -2.36. The van der Waals surface area contributed by atoms with Crippen LogP contribution >= 0.6 is 0 Å². The molecule has 2 saturated carbocycles. The summed E-state index contributed by atoms with van der Waals surface area (Å²) in [7, 11) is 0. The average Bonchev–Trinajstić information content (AvgIpc) is 3.31. The van der Waals surface area contributed by atoms with Crippen molar-refractivity contribution >= 4 is 35.3 Å². The van der Waals surface area contributed by atoms with Gasteiger partial charge in [-0.2, -0.15) is 0 Å². The first-order valence-electron chi connectivity index (χ1n) is 23.9. The smallest absolute Gasteiger partial charge is 0.329 e. The largest absolute Gasteiger partial charge is 0.480 e. The minimum absolute atomic E-state index is 0.164. The molecule has 2 aromatic rings. The van der Waals surface area contributed by atoms with Crippen molar-refractivity contribution in [1.29, 1.82) is 0 Å². The van der Waals surface area contributed by atoms with Gasteiger partial charge >= 0.3 is 11.9 Å². The molecule has 11 nitrogen and oxygen atoms in total. The number of fused-ring (bicyclic) bond motifs is 2. The van der Waals surface area contributed by atoms with E-state index in [0.717, 1.165) is 53.4 Å². The number of carboxylic acid groups (broad SMARTS) is 1. The summed E-state index contributed by atoms with van der Waals surface area (Å²) in [5.41, 5.74) is 2.31. The lowest BCUT2D eigenvalue weighted by Crippen LogP contribution is -2.53. The number of ether oxygens (including phenoxy) is 1. The number of benzene rings is 2. The predicted octanol–water partition coefficient (Wildman–Crippen LogP) is 9.22. The van der Waals surface area contributed by atoms with Crippen molar-refractivity contribution in [2.75, 3.05) is 13.2 Å². The number of aliphatic carboxylic acids is 1. The molecular weight excluding hydrogens is 797 g/mol. The molecule has 2 unspecified atom stereocenters. The molecule has 0 radical (unpaired) electrons. The van der Waals surface area contributed by atoms with Gasteiger partial charge in [-0.1, -0.05) is 154 Å². The summed E-state index contributed by atoms with van der Waals surface area (Å²) in [6, 6.07) is 13.5. The van der Waals surface area contributed by atoms with E-state index in [9.17, 15) is 33.9 Å². The molecule has 2 aliphatic carbocycles. The minimum atomic E-state index is -1.08. The Morgan fingerprint density at radius 2 is 1.00 bits per heavy atom. The fourth-order valence-corrected chi connectivity index (χ4v) is 9.04. The molecule has 6 rings (SSSR count). The number of amides is 2. The molecule has 63 heavy (non-hydrogen) atoms. The van der Waals surface area contributed by atoms with Gasteiger partial charge in [0.15, 0.2) is 0 Å². The average molecular weight is 873 g/mol. The number of carbonyl (C=O) groups excluding carboxylic acids is 5. The van der Waals surface area contributed by atoms with Gasteiger partial charge in [-0.3, -0.25) is 19.2 Å². The Bertz CT molecular complexity index is 1840. The van der Waals surface area contributed by atoms with Crippen molar-refractivity contribution < 1.29 is 43.7 Å². The number of rotatable bonds is 15. The number of Topliss-reactive ketones (excluding diaryl/α,β-unsaturated/α-hetero) is 2. The standard InChI is InChI=1S/C26H37NO4.C17H21NO4.C9H18O/c1-4-26(2,3)23(28)24(29)27-18-21-15-9-8-14-20(21)17-22(27)25(30)31-16-10-13-19-11-6-5-7-12-19;1-4-17(2,3)14(19)15(20)18-10-12-8-6-5-7-11(12)9-13(18)16(21)22;10-8-4-7-9-5-2-1-3-6-9/h8-9,14-15,19,22H,4-7,10-13,16-18H2,1-3H3;5-8,13H,4,9-10H2,1-3H3,(H,21,22);9-10H,1-8H2. The zero-order valence-electron chi connectivity index (χ0n) is 39.1. The number of hydrogen-bond acceptors (Lipinski definition) is 8. The summed E-state index contributed by atoms with van der Waals surface area (Å²) in [6.45, 7) is 11.9. The first kappa shape index (κ1) is 51.3. The van der Waals surface area contributed by atoms with Crippen LogP contribution < -0.4 is 0 Å². The Morgan fingerprint density at radius 3 is 1.41 bits per heavy atom. The molecule has 0 saturated heterocycles. The SMILES string of the molecule is CCC(C)(C)C(=O)C(=O)N1Cc2ccccc2CC1C(=O)O.CCC(C)(C)C(=O)C(=O)N1Cc2ccccc2CC1C(=O)OCCCC1CCCCC1.OCCCC1CCCCC1. The van der Waals surface area contributed by atoms with Crippen LogP contribution in [0.2, 0.25) is 0 Å². The van der Waals surface area contributed by atoms with Gasteiger partial charge < -0.3 is 24.7 Å². The number of carbonyl (C=O) groups is 6. The van der Waals surface area contributed by atoms with Gasteiger partial charge in [0.05, 0.1) is 6.61 Å². The van der Waals surface area contributed by atoms with Gasteiger partial charge in [0.2, 0.25) is 11.6 Å². The monoisotopic (exact) mass is 873 g/mol. The molecule has 2 amide bonds. The molecule has 0 spiro atoms. The number of aliphatic hydroxyl groups excluding tert-OH is 1. The highest BCUT2D eigenvalue weighted by molar-refractivity contribution is 6.38. The van der Waals surface area contributed by atoms with Crippen molar-refractivity contribution in [1.82, 2.24) is 9.80 Å². The summed E-state index contributed by atoms with van der Waals surface area (Å²) in [5, 5.41) is 18.0. The third-order valence-corrected chi connectivity index (χ3v) is 14.2. The predicted molar refractivity (Wildman–Crippen MR) is 244 cm³/mol. The van der Waals surface area contributed by atoms with Crippen LogP contribution in [-0.4, -0.2) is 80.6 Å². The molecule has 0 bridgehead atoms. The van der Waals surface area contributed by atoms with Crippen LogP contribution in [0.5, 0.6) is 0 Å². The fraction of sp³-hybridized carbons (Fsp3) is 0.654. The van der Waals surface area contributed by atoms with Gasteiger partial charge in [-0.05, 0) is 72.6 Å². The van der Waals surface area contributed by atoms with E-state index in [1.54, 1.807) is 27.7 Å². The maximum atomic E-state index is 13.1. The number of ketones is 2. The highest BCUT2D eigenvalue weighted by Crippen LogP contribution is 2.31. The molecular formula is C52H76N2O9. The lowest BCUT2D eigenvalue weighted by molar-refractivity contribution is -0.160. The summed E-state index contributed by atoms with van der Waals surface area (Å²) in [6.07, 6.45) is 19.6. The van der Waals surface area contributed by atoms with Gasteiger partial charge in [0, 0.05) is 43.4 Å². The quantitative estimate of drug-likeness (QED) is 0.101. The van der Waals surface area contributed by atoms with Crippen molar-refractivity contribution in [2.24, 2.45) is 22.7 Å². The third-order valence-electron chi connectivity index (χ3n) is 14.2. The Balaban J connectivity index is 0.000000235. The second-order valence-electron chi connectivity index (χ2n) is 19.5. The van der Waals surface area contributed by atoms with E-state index >= 15 is 0 Å². The number of esters is 1. The molecule has 2 heterocycles. The molecule has 2 atom stereocenters. The van der Waals surface area contributed by atoms with Crippen LogP contribution in [-0.2, 0) is 59.4 Å². The van der Waals surface area contributed by atoms with Crippen LogP contribution in [0.25, 0.3) is 0 Å². The molecule has 348 valence electrons. The molecule has 2 aliphatic heterocycles. The maximum Gasteiger partial charge on any atom is 0.329 e. The highest BCUT2D eigenvalue weighted by atomic mass is 16.5. The highest BCUT2D eigenvalue weighted by Gasteiger charge is 2.43. The second-order valence-corrected chi connectivity index (χ2v) is 19.5.